The number of hydrogen-bond acceptors (Lipinski definition) is 3. The van der Waals surface area contributed by atoms with Gasteiger partial charge in [-0.2, -0.15) is 0 Å². The number of carboxylic acids is 1. The quantitative estimate of drug-likeness (QED) is 0.832. The van der Waals surface area contributed by atoms with Crippen molar-refractivity contribution >= 4 is 29.3 Å². The average molecular weight is 284 g/mol. The molecule has 1 aliphatic heterocycles. The number of benzene rings is 1. The minimum atomic E-state index is -0.753. The van der Waals surface area contributed by atoms with Gasteiger partial charge in [-0.25, -0.2) is 0 Å². The van der Waals surface area contributed by atoms with Crippen LogP contribution in [0.5, 0.6) is 0 Å². The van der Waals surface area contributed by atoms with E-state index < -0.39 is 12.0 Å². The summed E-state index contributed by atoms with van der Waals surface area (Å²) < 4.78 is 0. The first-order valence-corrected chi connectivity index (χ1v) is 7.40. The number of carbonyl (C=O) groups is 1. The summed E-state index contributed by atoms with van der Waals surface area (Å²) in [5.41, 5.74) is 2.45. The van der Waals surface area contributed by atoms with Crippen molar-refractivity contribution in [1.29, 1.82) is 0 Å². The molecule has 1 heterocycles. The van der Waals surface area contributed by atoms with Gasteiger partial charge in [-0.15, -0.1) is 11.8 Å². The molecule has 2 unspecified atom stereocenters. The molecule has 5 heteroatoms. The lowest BCUT2D eigenvalue weighted by molar-refractivity contribution is -0.140. The molecule has 2 aliphatic rings. The summed E-state index contributed by atoms with van der Waals surface area (Å²) in [6, 6.07) is 5.49. The lowest BCUT2D eigenvalue weighted by Crippen LogP contribution is -2.51. The summed E-state index contributed by atoms with van der Waals surface area (Å²) in [5, 5.41) is 13.3. The first-order chi connectivity index (χ1) is 8.61. The van der Waals surface area contributed by atoms with Gasteiger partial charge in [0.05, 0.1) is 4.87 Å². The highest BCUT2D eigenvalue weighted by molar-refractivity contribution is 8.00. The van der Waals surface area contributed by atoms with Crippen LogP contribution in [-0.4, -0.2) is 22.9 Å². The zero-order valence-electron chi connectivity index (χ0n) is 9.78. The van der Waals surface area contributed by atoms with Crippen LogP contribution < -0.4 is 5.32 Å². The number of carboxylic acid groups (broad SMARTS) is 1. The van der Waals surface area contributed by atoms with Crippen molar-refractivity contribution in [2.45, 2.75) is 30.2 Å². The minimum Gasteiger partial charge on any atom is -0.480 e. The van der Waals surface area contributed by atoms with Gasteiger partial charge in [0.2, 0.25) is 0 Å². The maximum Gasteiger partial charge on any atom is 0.320 e. The molecule has 1 saturated heterocycles. The number of nitrogens with one attached hydrogen (secondary N) is 1. The molecule has 0 aromatic heterocycles. The molecule has 0 radical (unpaired) electrons. The summed E-state index contributed by atoms with van der Waals surface area (Å²) in [4.78, 5) is 10.9. The van der Waals surface area contributed by atoms with E-state index in [1.54, 1.807) is 0 Å². The van der Waals surface area contributed by atoms with E-state index in [9.17, 15) is 9.90 Å². The smallest absolute Gasteiger partial charge is 0.320 e. The zero-order chi connectivity index (χ0) is 12.8. The largest absolute Gasteiger partial charge is 0.480 e. The SMILES string of the molecule is O=C(O)C1CCSC2(CCc3cc(Cl)ccc32)N1. The summed E-state index contributed by atoms with van der Waals surface area (Å²) in [5.74, 6) is 0.128. The van der Waals surface area contributed by atoms with Gasteiger partial charge in [0.25, 0.3) is 0 Å². The van der Waals surface area contributed by atoms with Gasteiger partial charge in [-0.1, -0.05) is 17.7 Å². The predicted octanol–water partition coefficient (Wildman–Crippen LogP) is 2.62. The van der Waals surface area contributed by atoms with Crippen LogP contribution in [0, 0.1) is 0 Å². The van der Waals surface area contributed by atoms with Gasteiger partial charge in [0.1, 0.15) is 6.04 Å². The molecule has 3 nitrogen and oxygen atoms in total. The van der Waals surface area contributed by atoms with E-state index in [0.717, 1.165) is 23.6 Å². The summed E-state index contributed by atoms with van der Waals surface area (Å²) in [6.45, 7) is 0. The number of rotatable bonds is 1. The van der Waals surface area contributed by atoms with Crippen molar-refractivity contribution in [3.05, 3.63) is 34.3 Å². The Morgan fingerprint density at radius 1 is 1.56 bits per heavy atom. The van der Waals surface area contributed by atoms with Crippen molar-refractivity contribution in [1.82, 2.24) is 5.32 Å². The standard InChI is InChI=1S/C13H14ClNO2S/c14-9-1-2-10-8(7-9)3-5-13(10)15-11(12(16)17)4-6-18-13/h1-2,7,11,15H,3-6H2,(H,16,17). The van der Waals surface area contributed by atoms with E-state index in [0.29, 0.717) is 6.42 Å². The Balaban J connectivity index is 1.96. The van der Waals surface area contributed by atoms with Crippen LogP contribution in [0.4, 0.5) is 0 Å². The Hall–Kier alpha value is -0.710. The third kappa shape index (κ3) is 1.92. The maximum atomic E-state index is 11.2. The number of thioether (sulfide) groups is 1. The van der Waals surface area contributed by atoms with Crippen molar-refractivity contribution < 1.29 is 9.90 Å². The highest BCUT2D eigenvalue weighted by atomic mass is 35.5. The molecule has 2 atom stereocenters. The first kappa shape index (κ1) is 12.3. The lowest BCUT2D eigenvalue weighted by Gasteiger charge is -2.38. The van der Waals surface area contributed by atoms with E-state index in [4.69, 9.17) is 11.6 Å². The topological polar surface area (TPSA) is 49.3 Å². The normalized spacial score (nSPS) is 30.4. The van der Waals surface area contributed by atoms with E-state index in [-0.39, 0.29) is 4.87 Å². The molecule has 1 aliphatic carbocycles. The molecule has 1 aromatic carbocycles. The second-order valence-corrected chi connectivity index (χ2v) is 6.63. The third-order valence-electron chi connectivity index (χ3n) is 3.71. The molecule has 1 fully saturated rings. The number of hydrogen-bond donors (Lipinski definition) is 2. The number of fused-ring (bicyclic) bond motifs is 2. The van der Waals surface area contributed by atoms with E-state index in [1.165, 1.54) is 11.1 Å². The second kappa shape index (κ2) is 4.44. The van der Waals surface area contributed by atoms with Crippen LogP contribution in [0.25, 0.3) is 0 Å². The Bertz CT molecular complexity index is 508. The Morgan fingerprint density at radius 3 is 3.17 bits per heavy atom. The van der Waals surface area contributed by atoms with Gasteiger partial charge in [-0.05, 0) is 48.3 Å². The fourth-order valence-corrected chi connectivity index (χ4v) is 4.56. The van der Waals surface area contributed by atoms with Crippen LogP contribution in [0.3, 0.4) is 0 Å². The van der Waals surface area contributed by atoms with E-state index in [2.05, 4.69) is 5.32 Å². The summed E-state index contributed by atoms with van der Waals surface area (Å²) in [6.07, 6.45) is 2.59. The Morgan fingerprint density at radius 2 is 2.39 bits per heavy atom. The fourth-order valence-electron chi connectivity index (χ4n) is 2.84. The van der Waals surface area contributed by atoms with Gasteiger partial charge in [0.15, 0.2) is 0 Å². The Kier molecular flexibility index (Phi) is 3.04. The number of halogens is 1. The van der Waals surface area contributed by atoms with Crippen molar-refractivity contribution in [3.8, 4) is 0 Å². The molecule has 2 N–H and O–H groups in total. The highest BCUT2D eigenvalue weighted by Crippen LogP contribution is 2.48. The number of aryl methyl sites for hydroxylation is 1. The molecule has 1 aromatic rings. The van der Waals surface area contributed by atoms with Gasteiger partial charge in [0, 0.05) is 5.02 Å². The zero-order valence-corrected chi connectivity index (χ0v) is 11.4. The van der Waals surface area contributed by atoms with Crippen molar-refractivity contribution in [2.24, 2.45) is 0 Å². The van der Waals surface area contributed by atoms with Crippen LogP contribution in [0.1, 0.15) is 24.0 Å². The fraction of sp³-hybridized carbons (Fsp3) is 0.462. The molecule has 0 bridgehead atoms. The summed E-state index contributed by atoms with van der Waals surface area (Å²) in [7, 11) is 0. The molecule has 1 spiro atoms. The van der Waals surface area contributed by atoms with Crippen LogP contribution in [0.15, 0.2) is 18.2 Å². The van der Waals surface area contributed by atoms with E-state index in [1.807, 2.05) is 30.0 Å². The predicted molar refractivity (Wildman–Crippen MR) is 73.1 cm³/mol. The molecule has 96 valence electrons. The van der Waals surface area contributed by atoms with Crippen LogP contribution in [0.2, 0.25) is 5.02 Å². The second-order valence-electron chi connectivity index (χ2n) is 4.80. The van der Waals surface area contributed by atoms with Crippen LogP contribution >= 0.6 is 23.4 Å². The molecular weight excluding hydrogens is 270 g/mol. The summed E-state index contributed by atoms with van der Waals surface area (Å²) >= 11 is 7.83. The lowest BCUT2D eigenvalue weighted by atomic mass is 10.1. The van der Waals surface area contributed by atoms with E-state index >= 15 is 0 Å². The van der Waals surface area contributed by atoms with Crippen molar-refractivity contribution in [3.63, 3.8) is 0 Å². The molecule has 3 rings (SSSR count). The molecular formula is C13H14ClNO2S. The Labute approximate surface area is 115 Å². The van der Waals surface area contributed by atoms with Gasteiger partial charge in [-0.3, -0.25) is 10.1 Å². The van der Waals surface area contributed by atoms with Crippen LogP contribution in [-0.2, 0) is 16.1 Å². The molecule has 0 saturated carbocycles. The van der Waals surface area contributed by atoms with Gasteiger partial charge >= 0.3 is 5.97 Å². The third-order valence-corrected chi connectivity index (χ3v) is 5.42. The molecule has 18 heavy (non-hydrogen) atoms. The first-order valence-electron chi connectivity index (χ1n) is 6.04. The monoisotopic (exact) mass is 283 g/mol. The number of aliphatic carboxylic acids is 1. The highest BCUT2D eigenvalue weighted by Gasteiger charge is 2.44. The van der Waals surface area contributed by atoms with Gasteiger partial charge < -0.3 is 5.11 Å². The maximum absolute atomic E-state index is 11.2. The molecule has 0 amide bonds. The minimum absolute atomic E-state index is 0.221. The average Bonchev–Trinajstić information content (AvgIpc) is 2.68. The van der Waals surface area contributed by atoms with Crippen molar-refractivity contribution in [2.75, 3.05) is 5.75 Å².